The maximum Gasteiger partial charge on any atom is 0.257 e. The molecule has 4 heterocycles. The van der Waals surface area contributed by atoms with Crippen LogP contribution in [0, 0.1) is 0 Å². The van der Waals surface area contributed by atoms with Gasteiger partial charge in [0.1, 0.15) is 5.82 Å². The maximum atomic E-state index is 13.1. The quantitative estimate of drug-likeness (QED) is 0.785. The number of amides is 2. The molecule has 4 rings (SSSR count). The van der Waals surface area contributed by atoms with Crippen molar-refractivity contribution < 1.29 is 9.59 Å². The lowest BCUT2D eigenvalue weighted by Crippen LogP contribution is -2.52. The van der Waals surface area contributed by atoms with E-state index < -0.39 is 0 Å². The van der Waals surface area contributed by atoms with Crippen LogP contribution in [0.5, 0.6) is 0 Å². The van der Waals surface area contributed by atoms with Gasteiger partial charge < -0.3 is 14.7 Å². The Morgan fingerprint density at radius 1 is 0.821 bits per heavy atom. The van der Waals surface area contributed by atoms with Crippen LogP contribution in [0.4, 0.5) is 5.82 Å². The van der Waals surface area contributed by atoms with Crippen molar-refractivity contribution >= 4 is 17.6 Å². The first-order valence-electron chi connectivity index (χ1n) is 10.7. The summed E-state index contributed by atoms with van der Waals surface area (Å²) in [4.78, 5) is 38.4. The molecule has 7 nitrogen and oxygen atoms in total. The molecule has 0 radical (unpaired) electrons. The van der Waals surface area contributed by atoms with Gasteiger partial charge in [-0.25, -0.2) is 4.98 Å². The second kappa shape index (κ2) is 8.90. The summed E-state index contributed by atoms with van der Waals surface area (Å²) in [6.07, 6.45) is 7.58. The number of anilines is 1. The summed E-state index contributed by atoms with van der Waals surface area (Å²) in [5.41, 5.74) is 0.710. The lowest BCUT2D eigenvalue weighted by Gasteiger charge is -2.36. The van der Waals surface area contributed by atoms with E-state index in [1.807, 2.05) is 21.9 Å². The van der Waals surface area contributed by atoms with Gasteiger partial charge in [-0.3, -0.25) is 14.5 Å². The standard InChI is InChI=1S/C21H31N5O2/c27-19(24-9-2-1-3-10-24)17-23-13-15-26(16-14-23)21(28)18-7-6-8-22-20(18)25-11-4-5-12-25/h6-8H,1-5,9-17H2. The molecule has 0 aliphatic carbocycles. The Balaban J connectivity index is 1.32. The van der Waals surface area contributed by atoms with Crippen molar-refractivity contribution in [3.8, 4) is 0 Å². The van der Waals surface area contributed by atoms with Gasteiger partial charge in [-0.2, -0.15) is 0 Å². The normalized spacial score (nSPS) is 21.2. The van der Waals surface area contributed by atoms with Crippen LogP contribution in [0.2, 0.25) is 0 Å². The molecule has 0 bridgehead atoms. The minimum absolute atomic E-state index is 0.0667. The van der Waals surface area contributed by atoms with Crippen molar-refractivity contribution in [2.45, 2.75) is 32.1 Å². The number of hydrogen-bond acceptors (Lipinski definition) is 5. The number of aromatic nitrogens is 1. The molecule has 3 fully saturated rings. The highest BCUT2D eigenvalue weighted by atomic mass is 16.2. The minimum Gasteiger partial charge on any atom is -0.356 e. The monoisotopic (exact) mass is 385 g/mol. The average molecular weight is 386 g/mol. The SMILES string of the molecule is O=C(CN1CCN(C(=O)c2cccnc2N2CCCC2)CC1)N1CCCCC1. The van der Waals surface area contributed by atoms with E-state index in [2.05, 4.69) is 14.8 Å². The summed E-state index contributed by atoms with van der Waals surface area (Å²) >= 11 is 0. The molecule has 152 valence electrons. The van der Waals surface area contributed by atoms with Gasteiger partial charge in [-0.15, -0.1) is 0 Å². The number of pyridine rings is 1. The van der Waals surface area contributed by atoms with Crippen LogP contribution in [0.1, 0.15) is 42.5 Å². The van der Waals surface area contributed by atoms with E-state index in [1.165, 1.54) is 6.42 Å². The van der Waals surface area contributed by atoms with E-state index in [4.69, 9.17) is 0 Å². The summed E-state index contributed by atoms with van der Waals surface area (Å²) in [6, 6.07) is 3.75. The van der Waals surface area contributed by atoms with Gasteiger partial charge in [0.2, 0.25) is 5.91 Å². The zero-order chi connectivity index (χ0) is 19.3. The van der Waals surface area contributed by atoms with Crippen LogP contribution in [0.3, 0.4) is 0 Å². The third kappa shape index (κ3) is 4.29. The van der Waals surface area contributed by atoms with Gasteiger partial charge in [0, 0.05) is 58.6 Å². The van der Waals surface area contributed by atoms with Crippen molar-refractivity contribution in [3.05, 3.63) is 23.9 Å². The Hall–Kier alpha value is -2.15. The number of carbonyl (C=O) groups is 2. The topological polar surface area (TPSA) is 60.0 Å². The van der Waals surface area contributed by atoms with E-state index in [0.717, 1.165) is 70.8 Å². The highest BCUT2D eigenvalue weighted by molar-refractivity contribution is 5.99. The molecule has 7 heteroatoms. The number of carbonyl (C=O) groups excluding carboxylic acids is 2. The fourth-order valence-corrected chi connectivity index (χ4v) is 4.46. The third-order valence-electron chi connectivity index (χ3n) is 6.15. The first-order chi connectivity index (χ1) is 13.7. The molecule has 3 aliphatic rings. The summed E-state index contributed by atoms with van der Waals surface area (Å²) in [6.45, 7) is 7.08. The van der Waals surface area contributed by atoms with Crippen molar-refractivity contribution in [2.24, 2.45) is 0 Å². The molecule has 28 heavy (non-hydrogen) atoms. The number of nitrogens with zero attached hydrogens (tertiary/aromatic N) is 5. The average Bonchev–Trinajstić information content (AvgIpc) is 3.29. The van der Waals surface area contributed by atoms with Gasteiger partial charge in [-0.05, 0) is 44.2 Å². The Morgan fingerprint density at radius 3 is 2.21 bits per heavy atom. The lowest BCUT2D eigenvalue weighted by atomic mass is 10.1. The molecular formula is C21H31N5O2. The van der Waals surface area contributed by atoms with Crippen LogP contribution in [0.25, 0.3) is 0 Å². The molecule has 0 spiro atoms. The van der Waals surface area contributed by atoms with E-state index >= 15 is 0 Å². The van der Waals surface area contributed by atoms with Crippen LogP contribution in [-0.2, 0) is 4.79 Å². The summed E-state index contributed by atoms with van der Waals surface area (Å²) < 4.78 is 0. The van der Waals surface area contributed by atoms with E-state index in [-0.39, 0.29) is 11.8 Å². The van der Waals surface area contributed by atoms with Gasteiger partial charge in [0.15, 0.2) is 0 Å². The fourth-order valence-electron chi connectivity index (χ4n) is 4.46. The molecule has 0 aromatic carbocycles. The van der Waals surface area contributed by atoms with Crippen molar-refractivity contribution in [3.63, 3.8) is 0 Å². The van der Waals surface area contributed by atoms with Crippen molar-refractivity contribution in [1.29, 1.82) is 0 Å². The summed E-state index contributed by atoms with van der Waals surface area (Å²) in [7, 11) is 0. The van der Waals surface area contributed by atoms with E-state index in [9.17, 15) is 9.59 Å². The number of hydrogen-bond donors (Lipinski definition) is 0. The van der Waals surface area contributed by atoms with Crippen LogP contribution in [-0.4, -0.2) is 90.4 Å². The number of likely N-dealkylation sites (tertiary alicyclic amines) is 1. The highest BCUT2D eigenvalue weighted by Crippen LogP contribution is 2.23. The van der Waals surface area contributed by atoms with Gasteiger partial charge in [0.05, 0.1) is 12.1 Å². The molecule has 0 N–H and O–H groups in total. The third-order valence-corrected chi connectivity index (χ3v) is 6.15. The lowest BCUT2D eigenvalue weighted by molar-refractivity contribution is -0.133. The Labute approximate surface area is 167 Å². The number of piperidine rings is 1. The Bertz CT molecular complexity index is 690. The predicted octanol–water partition coefficient (Wildman–Crippen LogP) is 1.45. The van der Waals surface area contributed by atoms with Crippen molar-refractivity contribution in [1.82, 2.24) is 19.7 Å². The predicted molar refractivity (Wildman–Crippen MR) is 108 cm³/mol. The first-order valence-corrected chi connectivity index (χ1v) is 10.7. The summed E-state index contributed by atoms with van der Waals surface area (Å²) in [5.74, 6) is 1.13. The number of piperazine rings is 1. The van der Waals surface area contributed by atoms with Crippen LogP contribution < -0.4 is 4.90 Å². The summed E-state index contributed by atoms with van der Waals surface area (Å²) in [5, 5.41) is 0. The second-order valence-corrected chi connectivity index (χ2v) is 8.08. The van der Waals surface area contributed by atoms with Crippen LogP contribution >= 0.6 is 0 Å². The van der Waals surface area contributed by atoms with Crippen LogP contribution in [0.15, 0.2) is 18.3 Å². The zero-order valence-corrected chi connectivity index (χ0v) is 16.7. The smallest absolute Gasteiger partial charge is 0.257 e. The Morgan fingerprint density at radius 2 is 1.50 bits per heavy atom. The zero-order valence-electron chi connectivity index (χ0n) is 16.7. The van der Waals surface area contributed by atoms with Gasteiger partial charge in [-0.1, -0.05) is 0 Å². The molecule has 3 saturated heterocycles. The highest BCUT2D eigenvalue weighted by Gasteiger charge is 2.28. The molecule has 2 amide bonds. The fraction of sp³-hybridized carbons (Fsp3) is 0.667. The van der Waals surface area contributed by atoms with E-state index in [1.54, 1.807) is 6.20 Å². The molecule has 0 unspecified atom stereocenters. The molecule has 1 aromatic rings. The largest absolute Gasteiger partial charge is 0.356 e. The molecule has 3 aliphatic heterocycles. The molecule has 0 atom stereocenters. The maximum absolute atomic E-state index is 13.1. The van der Waals surface area contributed by atoms with Crippen molar-refractivity contribution in [2.75, 3.05) is 63.8 Å². The number of rotatable bonds is 4. The minimum atomic E-state index is 0.0667. The molecular weight excluding hydrogens is 354 g/mol. The molecule has 1 aromatic heterocycles. The van der Waals surface area contributed by atoms with E-state index in [0.29, 0.717) is 25.2 Å². The Kier molecular flexibility index (Phi) is 6.10. The first kappa shape index (κ1) is 19.2. The van der Waals surface area contributed by atoms with Gasteiger partial charge >= 0.3 is 0 Å². The second-order valence-electron chi connectivity index (χ2n) is 8.08. The molecule has 0 saturated carbocycles. The van der Waals surface area contributed by atoms with Gasteiger partial charge in [0.25, 0.3) is 5.91 Å².